The predicted octanol–water partition coefficient (Wildman–Crippen LogP) is 5.91. The molecule has 0 aromatic carbocycles. The molecule has 0 saturated heterocycles. The maximum atomic E-state index is 2.51. The molecule has 0 radical (unpaired) electrons. The summed E-state index contributed by atoms with van der Waals surface area (Å²) in [6.45, 7) is 17.2. The molecule has 0 amide bonds. The Kier molecular flexibility index (Phi) is 4.72. The van der Waals surface area contributed by atoms with Crippen LogP contribution >= 0.6 is 0 Å². The Morgan fingerprint density at radius 3 is 2.35 bits per heavy atom. The maximum absolute atomic E-state index is 2.51. The van der Waals surface area contributed by atoms with Gasteiger partial charge in [-0.2, -0.15) is 0 Å². The third kappa shape index (κ3) is 3.26. The molecule has 0 N–H and O–H groups in total. The van der Waals surface area contributed by atoms with Crippen LogP contribution in [0.25, 0.3) is 0 Å². The normalized spacial score (nSPS) is 31.2. The Morgan fingerprint density at radius 2 is 1.82 bits per heavy atom. The van der Waals surface area contributed by atoms with E-state index in [0.717, 1.165) is 17.8 Å². The van der Waals surface area contributed by atoms with Crippen molar-refractivity contribution in [3.8, 4) is 0 Å². The monoisotopic (exact) mass is 238 g/mol. The van der Waals surface area contributed by atoms with E-state index in [9.17, 15) is 0 Å². The van der Waals surface area contributed by atoms with Gasteiger partial charge in [0.15, 0.2) is 0 Å². The second-order valence-corrected chi connectivity index (χ2v) is 7.85. The van der Waals surface area contributed by atoms with Crippen LogP contribution in [-0.2, 0) is 0 Å². The van der Waals surface area contributed by atoms with Gasteiger partial charge in [0, 0.05) is 0 Å². The molecule has 0 nitrogen and oxygen atoms in total. The lowest BCUT2D eigenvalue weighted by atomic mass is 9.58. The number of hydrogen-bond donors (Lipinski definition) is 0. The van der Waals surface area contributed by atoms with Crippen molar-refractivity contribution in [3.05, 3.63) is 0 Å². The Labute approximate surface area is 110 Å². The van der Waals surface area contributed by atoms with Gasteiger partial charge in [0.1, 0.15) is 0 Å². The first kappa shape index (κ1) is 15.1. The molecule has 1 rings (SSSR count). The van der Waals surface area contributed by atoms with Crippen LogP contribution in [0.3, 0.4) is 0 Å². The summed E-state index contributed by atoms with van der Waals surface area (Å²) in [6, 6.07) is 0. The van der Waals surface area contributed by atoms with Gasteiger partial charge in [-0.3, -0.25) is 0 Å². The number of hydrogen-bond acceptors (Lipinski definition) is 0. The topological polar surface area (TPSA) is 0 Å². The standard InChI is InChI=1S/C17H34/c1-8-13(2)16(4,5)12-15-11-9-10-14(3)17(15,6)7/h13-15H,8-12H2,1-7H3. The Bertz CT molecular complexity index is 236. The Morgan fingerprint density at radius 1 is 1.24 bits per heavy atom. The van der Waals surface area contributed by atoms with Gasteiger partial charge in [0.05, 0.1) is 0 Å². The van der Waals surface area contributed by atoms with Crippen LogP contribution in [-0.4, -0.2) is 0 Å². The first-order valence-corrected chi connectivity index (χ1v) is 7.71. The van der Waals surface area contributed by atoms with E-state index in [1.165, 1.54) is 32.1 Å². The van der Waals surface area contributed by atoms with Crippen molar-refractivity contribution in [1.82, 2.24) is 0 Å². The van der Waals surface area contributed by atoms with Gasteiger partial charge in [-0.1, -0.05) is 67.7 Å². The third-order valence-corrected chi connectivity index (χ3v) is 6.23. The van der Waals surface area contributed by atoms with Crippen LogP contribution in [0.15, 0.2) is 0 Å². The van der Waals surface area contributed by atoms with Gasteiger partial charge in [-0.05, 0) is 41.4 Å². The predicted molar refractivity (Wildman–Crippen MR) is 78.1 cm³/mol. The molecule has 1 saturated carbocycles. The molecule has 3 atom stereocenters. The van der Waals surface area contributed by atoms with E-state index in [2.05, 4.69) is 48.5 Å². The van der Waals surface area contributed by atoms with Crippen molar-refractivity contribution >= 4 is 0 Å². The van der Waals surface area contributed by atoms with Gasteiger partial charge in [0.2, 0.25) is 0 Å². The highest BCUT2D eigenvalue weighted by Crippen LogP contribution is 2.50. The Hall–Kier alpha value is 0. The molecule has 0 spiro atoms. The molecule has 17 heavy (non-hydrogen) atoms. The summed E-state index contributed by atoms with van der Waals surface area (Å²) in [5.41, 5.74) is 1.05. The lowest BCUT2D eigenvalue weighted by molar-refractivity contribution is 0.0237. The van der Waals surface area contributed by atoms with Crippen molar-refractivity contribution in [2.75, 3.05) is 0 Å². The summed E-state index contributed by atoms with van der Waals surface area (Å²) >= 11 is 0. The molecule has 0 heteroatoms. The zero-order valence-electron chi connectivity index (χ0n) is 13.3. The summed E-state index contributed by atoms with van der Waals surface area (Å²) in [6.07, 6.45) is 7.07. The fourth-order valence-electron chi connectivity index (χ4n) is 3.57. The molecule has 3 unspecified atom stereocenters. The van der Waals surface area contributed by atoms with Gasteiger partial charge in [0.25, 0.3) is 0 Å². The second kappa shape index (κ2) is 5.33. The van der Waals surface area contributed by atoms with Gasteiger partial charge in [-0.25, -0.2) is 0 Å². The first-order valence-electron chi connectivity index (χ1n) is 7.71. The molecule has 102 valence electrons. The zero-order chi connectivity index (χ0) is 13.3. The van der Waals surface area contributed by atoms with Crippen molar-refractivity contribution in [3.63, 3.8) is 0 Å². The SMILES string of the molecule is CCC(C)C(C)(C)CC1CCCC(C)C1(C)C. The quantitative estimate of drug-likeness (QED) is 0.571. The van der Waals surface area contributed by atoms with E-state index in [1.807, 2.05) is 0 Å². The van der Waals surface area contributed by atoms with Crippen LogP contribution in [0.5, 0.6) is 0 Å². The lowest BCUT2D eigenvalue weighted by Crippen LogP contribution is -2.38. The Balaban J connectivity index is 2.73. The lowest BCUT2D eigenvalue weighted by Gasteiger charge is -2.48. The van der Waals surface area contributed by atoms with Crippen LogP contribution in [0.1, 0.15) is 80.6 Å². The van der Waals surface area contributed by atoms with E-state index < -0.39 is 0 Å². The average molecular weight is 238 g/mol. The maximum Gasteiger partial charge on any atom is -0.0300 e. The van der Waals surface area contributed by atoms with Crippen molar-refractivity contribution in [1.29, 1.82) is 0 Å². The molecule has 0 heterocycles. The van der Waals surface area contributed by atoms with E-state index in [1.54, 1.807) is 0 Å². The van der Waals surface area contributed by atoms with Gasteiger partial charge >= 0.3 is 0 Å². The van der Waals surface area contributed by atoms with Crippen molar-refractivity contribution < 1.29 is 0 Å². The molecular formula is C17H34. The van der Waals surface area contributed by atoms with E-state index in [4.69, 9.17) is 0 Å². The summed E-state index contributed by atoms with van der Waals surface area (Å²) in [5.74, 6) is 2.67. The highest BCUT2D eigenvalue weighted by molar-refractivity contribution is 4.91. The fraction of sp³-hybridized carbons (Fsp3) is 1.00. The van der Waals surface area contributed by atoms with E-state index >= 15 is 0 Å². The van der Waals surface area contributed by atoms with E-state index in [-0.39, 0.29) is 0 Å². The summed E-state index contributed by atoms with van der Waals surface area (Å²) < 4.78 is 0. The molecule has 0 bridgehead atoms. The zero-order valence-corrected chi connectivity index (χ0v) is 13.3. The first-order chi connectivity index (χ1) is 7.71. The molecule has 1 aliphatic carbocycles. The highest BCUT2D eigenvalue weighted by atomic mass is 14.5. The van der Waals surface area contributed by atoms with Gasteiger partial charge < -0.3 is 0 Å². The molecule has 1 fully saturated rings. The van der Waals surface area contributed by atoms with Crippen molar-refractivity contribution in [2.45, 2.75) is 80.6 Å². The van der Waals surface area contributed by atoms with Gasteiger partial charge in [-0.15, -0.1) is 0 Å². The van der Waals surface area contributed by atoms with Crippen LogP contribution in [0.4, 0.5) is 0 Å². The van der Waals surface area contributed by atoms with Crippen molar-refractivity contribution in [2.24, 2.45) is 28.6 Å². The number of rotatable bonds is 4. The third-order valence-electron chi connectivity index (χ3n) is 6.23. The minimum Gasteiger partial charge on any atom is -0.0651 e. The fourth-order valence-corrected chi connectivity index (χ4v) is 3.57. The summed E-state index contributed by atoms with van der Waals surface area (Å²) in [4.78, 5) is 0. The van der Waals surface area contributed by atoms with Crippen LogP contribution in [0, 0.1) is 28.6 Å². The molecular weight excluding hydrogens is 204 g/mol. The smallest absolute Gasteiger partial charge is 0.0300 e. The average Bonchev–Trinajstić information content (AvgIpc) is 2.24. The van der Waals surface area contributed by atoms with Crippen LogP contribution in [0.2, 0.25) is 0 Å². The molecule has 0 aromatic heterocycles. The largest absolute Gasteiger partial charge is 0.0651 e. The minimum absolute atomic E-state index is 0.508. The summed E-state index contributed by atoms with van der Waals surface area (Å²) in [7, 11) is 0. The molecule has 0 aliphatic heterocycles. The molecule has 1 aliphatic rings. The van der Waals surface area contributed by atoms with E-state index in [0.29, 0.717) is 10.8 Å². The second-order valence-electron chi connectivity index (χ2n) is 7.85. The highest BCUT2D eigenvalue weighted by Gasteiger charge is 2.41. The van der Waals surface area contributed by atoms with Crippen LogP contribution < -0.4 is 0 Å². The minimum atomic E-state index is 0.508. The summed E-state index contributed by atoms with van der Waals surface area (Å²) in [5, 5.41) is 0. The molecule has 0 aromatic rings.